The van der Waals surface area contributed by atoms with E-state index in [0.29, 0.717) is 0 Å². The highest BCUT2D eigenvalue weighted by Gasteiger charge is 2.37. The van der Waals surface area contributed by atoms with Crippen LogP contribution < -0.4 is 0 Å². The lowest BCUT2D eigenvalue weighted by atomic mass is 9.80. The van der Waals surface area contributed by atoms with E-state index in [9.17, 15) is 4.79 Å². The molecule has 23 heavy (non-hydrogen) atoms. The smallest absolute Gasteiger partial charge is 0.226 e. The fourth-order valence-corrected chi connectivity index (χ4v) is 2.91. The number of rotatable bonds is 6. The van der Waals surface area contributed by atoms with Crippen LogP contribution in [0.3, 0.4) is 0 Å². The van der Waals surface area contributed by atoms with Crippen molar-refractivity contribution in [2.24, 2.45) is 0 Å². The van der Waals surface area contributed by atoms with Gasteiger partial charge in [0.15, 0.2) is 0 Å². The highest BCUT2D eigenvalue weighted by molar-refractivity contribution is 5.53. The maximum absolute atomic E-state index is 10.9. The quantitative estimate of drug-likeness (QED) is 0.641. The Morgan fingerprint density at radius 2 is 1.00 bits per heavy atom. The molecule has 2 heteroatoms. The Hall–Kier alpha value is -2.71. The largest absolute Gasteiger partial charge is 0.353 e. The maximum Gasteiger partial charge on any atom is 0.226 e. The second-order valence-corrected chi connectivity index (χ2v) is 5.21. The summed E-state index contributed by atoms with van der Waals surface area (Å²) in [6.45, 7) is -0.0985. The van der Waals surface area contributed by atoms with Crippen molar-refractivity contribution >= 4 is 6.29 Å². The van der Waals surface area contributed by atoms with Gasteiger partial charge in [-0.05, 0) is 16.7 Å². The molecular weight excluding hydrogens is 284 g/mol. The zero-order valence-corrected chi connectivity index (χ0v) is 12.7. The molecule has 0 heterocycles. The number of hydrogen-bond donors (Lipinski definition) is 0. The predicted molar refractivity (Wildman–Crippen MR) is 90.9 cm³/mol. The summed E-state index contributed by atoms with van der Waals surface area (Å²) in [6, 6.07) is 29.9. The topological polar surface area (TPSA) is 26.3 Å². The lowest BCUT2D eigenvalue weighted by Gasteiger charge is -2.35. The number of benzene rings is 3. The molecule has 0 bridgehead atoms. The number of hydrogen-bond acceptors (Lipinski definition) is 2. The molecule has 3 aromatic carbocycles. The van der Waals surface area contributed by atoms with Crippen LogP contribution in [0.4, 0.5) is 0 Å². The highest BCUT2D eigenvalue weighted by Crippen LogP contribution is 2.40. The third kappa shape index (κ3) is 2.94. The summed E-state index contributed by atoms with van der Waals surface area (Å²) in [5.41, 5.74) is 2.11. The molecule has 0 fully saturated rings. The molecule has 0 amide bonds. The average molecular weight is 301 g/mol. The first kappa shape index (κ1) is 15.2. The monoisotopic (exact) mass is 301 g/mol. The second-order valence-electron chi connectivity index (χ2n) is 5.21. The summed E-state index contributed by atoms with van der Waals surface area (Å²) >= 11 is 0. The summed E-state index contributed by atoms with van der Waals surface area (Å²) in [7, 11) is 0. The van der Waals surface area contributed by atoms with Gasteiger partial charge in [-0.25, -0.2) is 0 Å². The van der Waals surface area contributed by atoms with E-state index in [4.69, 9.17) is 4.74 Å². The molecule has 0 spiro atoms. The zero-order chi connectivity index (χ0) is 16.0. The fraction of sp³-hybridized carbons (Fsp3) is 0.0952. The summed E-state index contributed by atoms with van der Waals surface area (Å²) in [5.74, 6) is 0. The molecule has 0 aliphatic rings. The van der Waals surface area contributed by atoms with Crippen LogP contribution in [0.1, 0.15) is 16.7 Å². The van der Waals surface area contributed by atoms with Crippen molar-refractivity contribution in [1.82, 2.24) is 0 Å². The van der Waals surface area contributed by atoms with E-state index in [1.807, 2.05) is 97.3 Å². The van der Waals surface area contributed by atoms with Crippen molar-refractivity contribution in [1.29, 1.82) is 0 Å². The third-order valence-electron chi connectivity index (χ3n) is 3.89. The Bertz CT molecular complexity index is 640. The molecule has 3 rings (SSSR count). The van der Waals surface area contributed by atoms with Gasteiger partial charge in [-0.15, -0.1) is 0 Å². The Morgan fingerprint density at radius 1 is 0.652 bits per heavy atom. The van der Waals surface area contributed by atoms with Gasteiger partial charge >= 0.3 is 0 Å². The molecule has 0 saturated heterocycles. The van der Waals surface area contributed by atoms with Gasteiger partial charge in [0.1, 0.15) is 12.2 Å². The van der Waals surface area contributed by atoms with E-state index in [1.54, 1.807) is 0 Å². The molecule has 0 N–H and O–H groups in total. The van der Waals surface area contributed by atoms with Crippen molar-refractivity contribution in [2.75, 3.05) is 6.61 Å². The molecule has 0 saturated carbocycles. The Morgan fingerprint density at radius 3 is 1.30 bits per heavy atom. The minimum absolute atomic E-state index is 0.0985. The van der Waals surface area contributed by atoms with Crippen molar-refractivity contribution in [3.63, 3.8) is 0 Å². The molecule has 0 aromatic heterocycles. The average Bonchev–Trinajstić information content (AvgIpc) is 2.65. The van der Waals surface area contributed by atoms with Crippen LogP contribution in [0.5, 0.6) is 0 Å². The standard InChI is InChI=1S/C21H17O2/c22-16-17-23-21(18-10-4-1-5-11-18,19-12-6-2-7-13-19)20-14-8-3-9-15-20/h1-15H,17H2. The first-order chi connectivity index (χ1) is 11.4. The van der Waals surface area contributed by atoms with Crippen molar-refractivity contribution in [2.45, 2.75) is 5.60 Å². The Balaban J connectivity index is 2.27. The van der Waals surface area contributed by atoms with Crippen molar-refractivity contribution in [3.8, 4) is 0 Å². The van der Waals surface area contributed by atoms with Crippen molar-refractivity contribution in [3.05, 3.63) is 108 Å². The molecule has 1 radical (unpaired) electrons. The van der Waals surface area contributed by atoms with Gasteiger partial charge < -0.3 is 4.74 Å². The van der Waals surface area contributed by atoms with Crippen LogP contribution in [0.15, 0.2) is 91.0 Å². The normalized spacial score (nSPS) is 11.1. The van der Waals surface area contributed by atoms with Crippen LogP contribution in [0.2, 0.25) is 0 Å². The molecular formula is C21H17O2. The second kappa shape index (κ2) is 7.03. The molecule has 0 unspecified atom stereocenters. The van der Waals surface area contributed by atoms with E-state index in [0.717, 1.165) is 16.7 Å². The minimum Gasteiger partial charge on any atom is -0.353 e. The van der Waals surface area contributed by atoms with E-state index in [1.165, 1.54) is 0 Å². The zero-order valence-electron chi connectivity index (χ0n) is 12.7. The molecule has 0 aliphatic heterocycles. The van der Waals surface area contributed by atoms with Crippen LogP contribution in [-0.4, -0.2) is 12.9 Å². The van der Waals surface area contributed by atoms with E-state index in [2.05, 4.69) is 0 Å². The van der Waals surface area contributed by atoms with Gasteiger partial charge in [0.05, 0.1) is 0 Å². The van der Waals surface area contributed by atoms with Gasteiger partial charge in [0.25, 0.3) is 0 Å². The lowest BCUT2D eigenvalue weighted by Crippen LogP contribution is -2.33. The van der Waals surface area contributed by atoms with Crippen molar-refractivity contribution < 1.29 is 9.53 Å². The molecule has 2 nitrogen and oxygen atoms in total. The SMILES string of the molecule is O=[C]COC(c1ccccc1)(c1ccccc1)c1ccccc1. The Kier molecular flexibility index (Phi) is 4.65. The maximum atomic E-state index is 10.9. The van der Waals surface area contributed by atoms with Gasteiger partial charge in [-0.2, -0.15) is 0 Å². The summed E-state index contributed by atoms with van der Waals surface area (Å²) in [5, 5.41) is 0. The molecule has 3 aromatic rings. The fourth-order valence-electron chi connectivity index (χ4n) is 2.91. The first-order valence-electron chi connectivity index (χ1n) is 7.53. The molecule has 113 valence electrons. The third-order valence-corrected chi connectivity index (χ3v) is 3.89. The minimum atomic E-state index is -0.832. The van der Waals surface area contributed by atoms with E-state index < -0.39 is 5.60 Å². The van der Waals surface area contributed by atoms with Crippen LogP contribution in [0, 0.1) is 0 Å². The van der Waals surface area contributed by atoms with Gasteiger partial charge in [0, 0.05) is 0 Å². The summed E-state index contributed by atoms with van der Waals surface area (Å²) in [4.78, 5) is 10.9. The van der Waals surface area contributed by atoms with Crippen LogP contribution in [0.25, 0.3) is 0 Å². The summed E-state index contributed by atoms with van der Waals surface area (Å²) in [6.07, 6.45) is 1.86. The van der Waals surface area contributed by atoms with Crippen LogP contribution >= 0.6 is 0 Å². The summed E-state index contributed by atoms with van der Waals surface area (Å²) < 4.78 is 6.11. The van der Waals surface area contributed by atoms with Gasteiger partial charge in [-0.3, -0.25) is 4.79 Å². The van der Waals surface area contributed by atoms with E-state index in [-0.39, 0.29) is 6.61 Å². The molecule has 0 aliphatic carbocycles. The van der Waals surface area contributed by atoms with Gasteiger partial charge in [0.2, 0.25) is 6.29 Å². The highest BCUT2D eigenvalue weighted by atomic mass is 16.5. The Labute approximate surface area is 136 Å². The van der Waals surface area contributed by atoms with Gasteiger partial charge in [-0.1, -0.05) is 91.0 Å². The van der Waals surface area contributed by atoms with E-state index >= 15 is 0 Å². The number of carbonyl (C=O) groups excluding carboxylic acids is 1. The lowest BCUT2D eigenvalue weighted by molar-refractivity contribution is 0.0379. The first-order valence-corrected chi connectivity index (χ1v) is 7.53. The van der Waals surface area contributed by atoms with Crippen LogP contribution in [-0.2, 0) is 15.1 Å². The molecule has 0 atom stereocenters. The predicted octanol–water partition coefficient (Wildman–Crippen LogP) is 4.10. The number of ether oxygens (including phenoxy) is 1.